The molecule has 0 aliphatic rings. The Bertz CT molecular complexity index is 584. The van der Waals surface area contributed by atoms with Gasteiger partial charge in [-0.25, -0.2) is 0 Å². The summed E-state index contributed by atoms with van der Waals surface area (Å²) in [7, 11) is 1.92. The highest BCUT2D eigenvalue weighted by Crippen LogP contribution is 2.33. The van der Waals surface area contributed by atoms with Gasteiger partial charge in [0.15, 0.2) is 0 Å². The molecule has 0 amide bonds. The molecule has 2 nitrogen and oxygen atoms in total. The predicted octanol–water partition coefficient (Wildman–Crippen LogP) is 4.81. The molecule has 0 heterocycles. The van der Waals surface area contributed by atoms with Crippen LogP contribution in [0.4, 0.5) is 0 Å². The first-order valence-corrected chi connectivity index (χ1v) is 6.73. The molecule has 0 spiro atoms. The molecule has 0 aliphatic carbocycles. The van der Waals surface area contributed by atoms with Crippen molar-refractivity contribution < 1.29 is 4.74 Å². The second-order valence-electron chi connectivity index (χ2n) is 4.31. The van der Waals surface area contributed by atoms with Crippen LogP contribution in [0, 0.1) is 6.92 Å². The highest BCUT2D eigenvalue weighted by molar-refractivity contribution is 6.35. The molecular weight excluding hydrogens is 281 g/mol. The van der Waals surface area contributed by atoms with E-state index in [0.717, 1.165) is 17.9 Å². The van der Waals surface area contributed by atoms with E-state index in [9.17, 15) is 0 Å². The topological polar surface area (TPSA) is 21.3 Å². The Labute approximate surface area is 123 Å². The fourth-order valence-electron chi connectivity index (χ4n) is 1.82. The zero-order valence-corrected chi connectivity index (χ0v) is 12.3. The summed E-state index contributed by atoms with van der Waals surface area (Å²) in [4.78, 5) is 0. The minimum Gasteiger partial charge on any atom is -0.456 e. The van der Waals surface area contributed by atoms with E-state index in [2.05, 4.69) is 11.4 Å². The van der Waals surface area contributed by atoms with Crippen LogP contribution in [0.1, 0.15) is 11.1 Å². The summed E-state index contributed by atoms with van der Waals surface area (Å²) in [5, 5.41) is 4.22. The van der Waals surface area contributed by atoms with Gasteiger partial charge in [0.05, 0.1) is 5.02 Å². The third-order valence-corrected chi connectivity index (χ3v) is 3.26. The fourth-order valence-corrected chi connectivity index (χ4v) is 2.26. The zero-order valence-electron chi connectivity index (χ0n) is 10.8. The summed E-state index contributed by atoms with van der Waals surface area (Å²) in [5.41, 5.74) is 2.29. The number of rotatable bonds is 4. The first-order valence-electron chi connectivity index (χ1n) is 5.97. The number of nitrogens with one attached hydrogen (secondary N) is 1. The van der Waals surface area contributed by atoms with Crippen LogP contribution >= 0.6 is 23.2 Å². The van der Waals surface area contributed by atoms with Crippen LogP contribution < -0.4 is 10.1 Å². The van der Waals surface area contributed by atoms with Crippen LogP contribution in [0.3, 0.4) is 0 Å². The molecule has 2 aromatic carbocycles. The number of ether oxygens (including phenoxy) is 1. The third-order valence-electron chi connectivity index (χ3n) is 2.73. The molecule has 19 heavy (non-hydrogen) atoms. The van der Waals surface area contributed by atoms with E-state index in [4.69, 9.17) is 27.9 Å². The molecule has 1 N–H and O–H groups in total. The van der Waals surface area contributed by atoms with Gasteiger partial charge in [0.25, 0.3) is 0 Å². The Kier molecular flexibility index (Phi) is 4.70. The highest BCUT2D eigenvalue weighted by atomic mass is 35.5. The van der Waals surface area contributed by atoms with E-state index in [-0.39, 0.29) is 0 Å². The monoisotopic (exact) mass is 295 g/mol. The lowest BCUT2D eigenvalue weighted by atomic mass is 10.1. The molecule has 0 fully saturated rings. The van der Waals surface area contributed by atoms with Gasteiger partial charge in [0, 0.05) is 11.6 Å². The second kappa shape index (κ2) is 6.29. The predicted molar refractivity (Wildman–Crippen MR) is 80.5 cm³/mol. The Morgan fingerprint density at radius 3 is 2.42 bits per heavy atom. The van der Waals surface area contributed by atoms with Gasteiger partial charge in [-0.05, 0) is 49.4 Å². The molecule has 0 radical (unpaired) electrons. The minimum atomic E-state index is 0.506. The van der Waals surface area contributed by atoms with Crippen LogP contribution in [-0.2, 0) is 6.54 Å². The smallest absolute Gasteiger partial charge is 0.146 e. The van der Waals surface area contributed by atoms with Crippen LogP contribution in [0.15, 0.2) is 36.4 Å². The molecule has 0 unspecified atom stereocenters. The van der Waals surface area contributed by atoms with Crippen molar-refractivity contribution in [3.05, 3.63) is 57.6 Å². The maximum absolute atomic E-state index is 6.09. The summed E-state index contributed by atoms with van der Waals surface area (Å²) in [5.74, 6) is 1.40. The molecule has 0 saturated heterocycles. The van der Waals surface area contributed by atoms with E-state index in [1.165, 1.54) is 5.56 Å². The average Bonchev–Trinajstić information content (AvgIpc) is 2.36. The zero-order chi connectivity index (χ0) is 13.8. The standard InChI is InChI=1S/C15H15Cl2NO/c1-10-7-11(9-18-2)3-5-14(10)19-15-6-4-12(16)8-13(15)17/h3-8,18H,9H2,1-2H3. The Balaban J connectivity index is 2.23. The molecule has 0 bridgehead atoms. The van der Waals surface area contributed by atoms with Gasteiger partial charge < -0.3 is 10.1 Å². The molecule has 0 aliphatic heterocycles. The Morgan fingerprint density at radius 2 is 1.79 bits per heavy atom. The van der Waals surface area contributed by atoms with Crippen LogP contribution in [0.2, 0.25) is 10.0 Å². The number of aryl methyl sites for hydroxylation is 1. The quantitative estimate of drug-likeness (QED) is 0.874. The normalized spacial score (nSPS) is 10.5. The molecule has 2 aromatic rings. The summed E-state index contributed by atoms with van der Waals surface area (Å²) < 4.78 is 5.82. The van der Waals surface area contributed by atoms with Crippen LogP contribution in [-0.4, -0.2) is 7.05 Å². The van der Waals surface area contributed by atoms with Crippen molar-refractivity contribution in [1.82, 2.24) is 5.32 Å². The number of hydrogen-bond acceptors (Lipinski definition) is 2. The van der Waals surface area contributed by atoms with Gasteiger partial charge >= 0.3 is 0 Å². The second-order valence-corrected chi connectivity index (χ2v) is 5.15. The van der Waals surface area contributed by atoms with E-state index >= 15 is 0 Å². The Hall–Kier alpha value is -1.22. The third kappa shape index (κ3) is 3.63. The summed E-state index contributed by atoms with van der Waals surface area (Å²) in [6.07, 6.45) is 0. The average molecular weight is 296 g/mol. The number of halogens is 2. The first-order chi connectivity index (χ1) is 9.10. The molecule has 0 saturated carbocycles. The van der Waals surface area contributed by atoms with Gasteiger partial charge in [-0.3, -0.25) is 0 Å². The SMILES string of the molecule is CNCc1ccc(Oc2ccc(Cl)cc2Cl)c(C)c1. The van der Waals surface area contributed by atoms with Gasteiger partial charge in [0.2, 0.25) is 0 Å². The van der Waals surface area contributed by atoms with Crippen molar-refractivity contribution in [2.75, 3.05) is 7.05 Å². The van der Waals surface area contributed by atoms with Crippen molar-refractivity contribution in [3.8, 4) is 11.5 Å². The number of benzene rings is 2. The maximum Gasteiger partial charge on any atom is 0.146 e. The lowest BCUT2D eigenvalue weighted by Crippen LogP contribution is -2.05. The van der Waals surface area contributed by atoms with Crippen molar-refractivity contribution in [2.24, 2.45) is 0 Å². The molecule has 0 aromatic heterocycles. The van der Waals surface area contributed by atoms with Gasteiger partial charge in [-0.1, -0.05) is 35.3 Å². The largest absolute Gasteiger partial charge is 0.456 e. The molecule has 2 rings (SSSR count). The lowest BCUT2D eigenvalue weighted by molar-refractivity contribution is 0.479. The van der Waals surface area contributed by atoms with E-state index in [1.807, 2.05) is 26.1 Å². The molecule has 4 heteroatoms. The first kappa shape index (κ1) is 14.2. The van der Waals surface area contributed by atoms with Crippen molar-refractivity contribution in [2.45, 2.75) is 13.5 Å². The van der Waals surface area contributed by atoms with Crippen molar-refractivity contribution >= 4 is 23.2 Å². The molecular formula is C15H15Cl2NO. The lowest BCUT2D eigenvalue weighted by Gasteiger charge is -2.11. The minimum absolute atomic E-state index is 0.506. The van der Waals surface area contributed by atoms with Crippen LogP contribution in [0.25, 0.3) is 0 Å². The van der Waals surface area contributed by atoms with Gasteiger partial charge in [-0.15, -0.1) is 0 Å². The molecule has 0 atom stereocenters. The van der Waals surface area contributed by atoms with Crippen molar-refractivity contribution in [3.63, 3.8) is 0 Å². The summed E-state index contributed by atoms with van der Waals surface area (Å²) in [6.45, 7) is 2.85. The fraction of sp³-hybridized carbons (Fsp3) is 0.200. The maximum atomic E-state index is 6.09. The van der Waals surface area contributed by atoms with E-state index in [1.54, 1.807) is 18.2 Å². The highest BCUT2D eigenvalue weighted by Gasteiger charge is 2.06. The Morgan fingerprint density at radius 1 is 1.05 bits per heavy atom. The van der Waals surface area contributed by atoms with Gasteiger partial charge in [-0.2, -0.15) is 0 Å². The summed E-state index contributed by atoms with van der Waals surface area (Å²) >= 11 is 12.0. The van der Waals surface area contributed by atoms with Crippen molar-refractivity contribution in [1.29, 1.82) is 0 Å². The van der Waals surface area contributed by atoms with Crippen LogP contribution in [0.5, 0.6) is 11.5 Å². The summed E-state index contributed by atoms with van der Waals surface area (Å²) in [6, 6.07) is 11.3. The van der Waals surface area contributed by atoms with Gasteiger partial charge in [0.1, 0.15) is 11.5 Å². The molecule has 100 valence electrons. The number of hydrogen-bond donors (Lipinski definition) is 1. The van der Waals surface area contributed by atoms with E-state index < -0.39 is 0 Å². The van der Waals surface area contributed by atoms with E-state index in [0.29, 0.717) is 15.8 Å².